The van der Waals surface area contributed by atoms with E-state index in [1.807, 2.05) is 12.1 Å². The highest BCUT2D eigenvalue weighted by molar-refractivity contribution is 5.31. The summed E-state index contributed by atoms with van der Waals surface area (Å²) in [6.45, 7) is 0. The second kappa shape index (κ2) is 10.2. The SMILES string of the molecule is N#Cc1ccc(CC[C@H]2CC[C@H](CCCC/C=C/F)CC2)cc1. The topological polar surface area (TPSA) is 23.8 Å². The van der Waals surface area contributed by atoms with Crippen LogP contribution in [0, 0.1) is 23.2 Å². The van der Waals surface area contributed by atoms with Gasteiger partial charge in [-0.1, -0.05) is 56.7 Å². The summed E-state index contributed by atoms with van der Waals surface area (Å²) < 4.78 is 11.9. The molecule has 0 unspecified atom stereocenters. The van der Waals surface area contributed by atoms with Crippen molar-refractivity contribution in [1.82, 2.24) is 0 Å². The average Bonchev–Trinajstić information content (AvgIpc) is 2.61. The Morgan fingerprint density at radius 2 is 1.65 bits per heavy atom. The zero-order valence-electron chi connectivity index (χ0n) is 14.0. The van der Waals surface area contributed by atoms with Gasteiger partial charge in [0.15, 0.2) is 0 Å². The van der Waals surface area contributed by atoms with E-state index >= 15 is 0 Å². The number of rotatable bonds is 8. The lowest BCUT2D eigenvalue weighted by atomic mass is 9.78. The quantitative estimate of drug-likeness (QED) is 0.514. The van der Waals surface area contributed by atoms with E-state index < -0.39 is 0 Å². The molecule has 0 atom stereocenters. The molecule has 1 fully saturated rings. The molecule has 1 nitrogen and oxygen atoms in total. The van der Waals surface area contributed by atoms with Crippen LogP contribution < -0.4 is 0 Å². The summed E-state index contributed by atoms with van der Waals surface area (Å²) in [6, 6.07) is 10.2. The van der Waals surface area contributed by atoms with E-state index in [-0.39, 0.29) is 0 Å². The van der Waals surface area contributed by atoms with E-state index in [4.69, 9.17) is 5.26 Å². The fourth-order valence-corrected chi connectivity index (χ4v) is 3.68. The summed E-state index contributed by atoms with van der Waals surface area (Å²) in [6.07, 6.45) is 14.8. The van der Waals surface area contributed by atoms with Gasteiger partial charge in [-0.3, -0.25) is 0 Å². The first-order valence-electron chi connectivity index (χ1n) is 9.06. The van der Waals surface area contributed by atoms with Gasteiger partial charge in [0.2, 0.25) is 0 Å². The third-order valence-corrected chi connectivity index (χ3v) is 5.21. The van der Waals surface area contributed by atoms with Gasteiger partial charge in [0.25, 0.3) is 0 Å². The van der Waals surface area contributed by atoms with Crippen molar-refractivity contribution in [1.29, 1.82) is 5.26 Å². The molecule has 0 saturated heterocycles. The molecule has 2 rings (SSSR count). The lowest BCUT2D eigenvalue weighted by Crippen LogP contribution is -2.15. The fraction of sp³-hybridized carbons (Fsp3) is 0.571. The molecule has 0 radical (unpaired) electrons. The summed E-state index contributed by atoms with van der Waals surface area (Å²) in [7, 11) is 0. The highest BCUT2D eigenvalue weighted by Crippen LogP contribution is 2.34. The van der Waals surface area contributed by atoms with E-state index in [9.17, 15) is 4.39 Å². The van der Waals surface area contributed by atoms with Crippen LogP contribution in [0.5, 0.6) is 0 Å². The minimum atomic E-state index is 0.666. The van der Waals surface area contributed by atoms with Crippen LogP contribution in [0.15, 0.2) is 36.7 Å². The van der Waals surface area contributed by atoms with Crippen LogP contribution in [0.2, 0.25) is 0 Å². The van der Waals surface area contributed by atoms with Gasteiger partial charge in [-0.15, -0.1) is 0 Å². The second-order valence-corrected chi connectivity index (χ2v) is 6.88. The lowest BCUT2D eigenvalue weighted by Gasteiger charge is -2.28. The molecule has 23 heavy (non-hydrogen) atoms. The van der Waals surface area contributed by atoms with Crippen molar-refractivity contribution >= 4 is 0 Å². The van der Waals surface area contributed by atoms with Crippen molar-refractivity contribution in [2.75, 3.05) is 0 Å². The smallest absolute Gasteiger partial charge is 0.0991 e. The molecule has 1 aliphatic carbocycles. The van der Waals surface area contributed by atoms with Gasteiger partial charge in [-0.05, 0) is 55.2 Å². The Morgan fingerprint density at radius 1 is 1.00 bits per heavy atom. The van der Waals surface area contributed by atoms with E-state index in [1.54, 1.807) is 6.08 Å². The van der Waals surface area contributed by atoms with Crippen LogP contribution in [0.3, 0.4) is 0 Å². The first-order chi connectivity index (χ1) is 11.3. The van der Waals surface area contributed by atoms with E-state index in [1.165, 1.54) is 50.5 Å². The van der Waals surface area contributed by atoms with Gasteiger partial charge >= 0.3 is 0 Å². The molecule has 2 heteroatoms. The molecule has 1 saturated carbocycles. The number of nitriles is 1. The zero-order valence-corrected chi connectivity index (χ0v) is 14.0. The molecular formula is C21H28FN. The number of hydrogen-bond donors (Lipinski definition) is 0. The zero-order chi connectivity index (χ0) is 16.3. The van der Waals surface area contributed by atoms with Crippen molar-refractivity contribution in [3.05, 3.63) is 47.8 Å². The minimum Gasteiger partial charge on any atom is -0.216 e. The van der Waals surface area contributed by atoms with E-state index in [2.05, 4.69) is 18.2 Å². The monoisotopic (exact) mass is 313 g/mol. The number of halogens is 1. The van der Waals surface area contributed by atoms with Gasteiger partial charge in [0, 0.05) is 0 Å². The fourth-order valence-electron chi connectivity index (χ4n) is 3.68. The number of benzene rings is 1. The van der Waals surface area contributed by atoms with E-state index in [0.717, 1.165) is 36.7 Å². The molecule has 0 bridgehead atoms. The Hall–Kier alpha value is -1.62. The van der Waals surface area contributed by atoms with Crippen LogP contribution in [0.1, 0.15) is 68.9 Å². The maximum Gasteiger partial charge on any atom is 0.0991 e. The third-order valence-electron chi connectivity index (χ3n) is 5.21. The second-order valence-electron chi connectivity index (χ2n) is 6.88. The molecule has 0 N–H and O–H groups in total. The Labute approximate surface area is 140 Å². The van der Waals surface area contributed by atoms with Crippen LogP contribution in [-0.2, 0) is 6.42 Å². The van der Waals surface area contributed by atoms with Crippen LogP contribution in [0.4, 0.5) is 4.39 Å². The largest absolute Gasteiger partial charge is 0.216 e. The predicted molar refractivity (Wildman–Crippen MR) is 93.6 cm³/mol. The minimum absolute atomic E-state index is 0.666. The van der Waals surface area contributed by atoms with Gasteiger partial charge in [-0.2, -0.15) is 5.26 Å². The molecule has 0 aliphatic heterocycles. The number of allylic oxidation sites excluding steroid dienone is 1. The van der Waals surface area contributed by atoms with Gasteiger partial charge < -0.3 is 0 Å². The van der Waals surface area contributed by atoms with Crippen LogP contribution >= 0.6 is 0 Å². The van der Waals surface area contributed by atoms with Crippen LogP contribution in [0.25, 0.3) is 0 Å². The molecule has 0 aromatic heterocycles. The predicted octanol–water partition coefficient (Wildman–Crippen LogP) is 6.34. The van der Waals surface area contributed by atoms with Gasteiger partial charge in [0.05, 0.1) is 18.0 Å². The van der Waals surface area contributed by atoms with Gasteiger partial charge in [-0.25, -0.2) is 4.39 Å². The number of hydrogen-bond acceptors (Lipinski definition) is 1. The molecule has 0 spiro atoms. The Balaban J connectivity index is 1.60. The molecule has 1 aliphatic rings. The lowest BCUT2D eigenvalue weighted by molar-refractivity contribution is 0.249. The summed E-state index contributed by atoms with van der Waals surface area (Å²) in [5.41, 5.74) is 2.10. The maximum atomic E-state index is 11.9. The Kier molecular flexibility index (Phi) is 7.87. The first kappa shape index (κ1) is 17.7. The summed E-state index contributed by atoms with van der Waals surface area (Å²) in [4.78, 5) is 0. The molecule has 0 heterocycles. The Bertz CT molecular complexity index is 504. The highest BCUT2D eigenvalue weighted by atomic mass is 19.1. The molecular weight excluding hydrogens is 285 g/mol. The molecule has 124 valence electrons. The summed E-state index contributed by atoms with van der Waals surface area (Å²) in [5.74, 6) is 1.77. The molecule has 1 aromatic rings. The summed E-state index contributed by atoms with van der Waals surface area (Å²) >= 11 is 0. The van der Waals surface area contributed by atoms with Gasteiger partial charge in [0.1, 0.15) is 0 Å². The first-order valence-corrected chi connectivity index (χ1v) is 9.06. The van der Waals surface area contributed by atoms with Crippen molar-refractivity contribution in [3.63, 3.8) is 0 Å². The summed E-state index contributed by atoms with van der Waals surface area (Å²) in [5, 5.41) is 8.82. The maximum absolute atomic E-state index is 11.9. The molecule has 1 aromatic carbocycles. The van der Waals surface area contributed by atoms with Crippen molar-refractivity contribution in [2.45, 2.75) is 64.2 Å². The molecule has 0 amide bonds. The number of aryl methyl sites for hydroxylation is 1. The number of nitrogens with zero attached hydrogens (tertiary/aromatic N) is 1. The van der Waals surface area contributed by atoms with Crippen molar-refractivity contribution < 1.29 is 4.39 Å². The highest BCUT2D eigenvalue weighted by Gasteiger charge is 2.20. The van der Waals surface area contributed by atoms with E-state index in [0.29, 0.717) is 6.33 Å². The van der Waals surface area contributed by atoms with Crippen LogP contribution in [-0.4, -0.2) is 0 Å². The average molecular weight is 313 g/mol. The number of unbranched alkanes of at least 4 members (excludes halogenated alkanes) is 2. The normalized spacial score (nSPS) is 21.4. The third kappa shape index (κ3) is 6.57. The van der Waals surface area contributed by atoms with Crippen molar-refractivity contribution in [3.8, 4) is 6.07 Å². The van der Waals surface area contributed by atoms with Crippen molar-refractivity contribution in [2.24, 2.45) is 11.8 Å². The standard InChI is InChI=1S/C21H28FN/c22-16-4-2-1-3-5-18-6-8-19(9-7-18)10-11-20-12-14-21(17-23)15-13-20/h4,12-16,18-19H,1-3,5-11H2/b16-4+/t18-,19-. The Morgan fingerprint density at radius 3 is 2.26 bits per heavy atom.